The maximum absolute atomic E-state index is 11.7. The van der Waals surface area contributed by atoms with Gasteiger partial charge in [-0.25, -0.2) is 4.79 Å². The Balaban J connectivity index is 2.43. The van der Waals surface area contributed by atoms with Crippen LogP contribution in [0.15, 0.2) is 30.3 Å². The number of nitrogens with two attached hydrogens (primary N) is 1. The standard InChI is InChI=1S/C17H24N2O5/c1-17(2,3)24-14(20)10-9-13(15(18)21)19-16(22)23-11-12-7-5-4-6-8-12/h4-8,13H,9-11H2,1-3H3,(H2,18,21)(H,19,22)/t13-/m0/s1. The van der Waals surface area contributed by atoms with E-state index < -0.39 is 29.6 Å². The van der Waals surface area contributed by atoms with Crippen LogP contribution in [-0.4, -0.2) is 29.6 Å². The lowest BCUT2D eigenvalue weighted by Crippen LogP contribution is -2.45. The van der Waals surface area contributed by atoms with Gasteiger partial charge in [0.2, 0.25) is 5.91 Å². The van der Waals surface area contributed by atoms with Crippen molar-refractivity contribution in [2.75, 3.05) is 0 Å². The number of primary amides is 1. The Bertz CT molecular complexity index is 566. The maximum Gasteiger partial charge on any atom is 0.408 e. The molecule has 1 rings (SSSR count). The van der Waals surface area contributed by atoms with Crippen molar-refractivity contribution in [3.05, 3.63) is 35.9 Å². The lowest BCUT2D eigenvalue weighted by atomic mass is 10.1. The quantitative estimate of drug-likeness (QED) is 0.739. The first-order chi connectivity index (χ1) is 11.2. The summed E-state index contributed by atoms with van der Waals surface area (Å²) in [6.45, 7) is 5.31. The topological polar surface area (TPSA) is 108 Å². The molecule has 0 aliphatic carbocycles. The van der Waals surface area contributed by atoms with E-state index in [1.54, 1.807) is 32.9 Å². The summed E-state index contributed by atoms with van der Waals surface area (Å²) < 4.78 is 10.2. The Hall–Kier alpha value is -2.57. The third-order valence-corrected chi connectivity index (χ3v) is 2.91. The molecule has 0 heterocycles. The predicted molar refractivity (Wildman–Crippen MR) is 87.8 cm³/mol. The van der Waals surface area contributed by atoms with Crippen molar-refractivity contribution in [3.8, 4) is 0 Å². The molecule has 0 radical (unpaired) electrons. The molecular formula is C17H24N2O5. The van der Waals surface area contributed by atoms with Crippen LogP contribution in [0.3, 0.4) is 0 Å². The highest BCUT2D eigenvalue weighted by Gasteiger charge is 2.22. The molecule has 7 nitrogen and oxygen atoms in total. The van der Waals surface area contributed by atoms with Gasteiger partial charge in [0.1, 0.15) is 18.2 Å². The average Bonchev–Trinajstić information content (AvgIpc) is 2.48. The van der Waals surface area contributed by atoms with Gasteiger partial charge in [0.25, 0.3) is 0 Å². The number of alkyl carbamates (subject to hydrolysis) is 1. The Morgan fingerprint density at radius 1 is 1.17 bits per heavy atom. The second-order valence-corrected chi connectivity index (χ2v) is 6.29. The van der Waals surface area contributed by atoms with Crippen molar-refractivity contribution < 1.29 is 23.9 Å². The zero-order valence-electron chi connectivity index (χ0n) is 14.2. The predicted octanol–water partition coefficient (Wildman–Crippen LogP) is 1.89. The molecule has 1 atom stereocenters. The number of amides is 2. The molecule has 24 heavy (non-hydrogen) atoms. The molecule has 7 heteroatoms. The molecule has 0 aliphatic heterocycles. The number of hydrogen-bond acceptors (Lipinski definition) is 5. The summed E-state index contributed by atoms with van der Waals surface area (Å²) >= 11 is 0. The van der Waals surface area contributed by atoms with Crippen LogP contribution in [0.5, 0.6) is 0 Å². The highest BCUT2D eigenvalue weighted by Crippen LogP contribution is 2.10. The Morgan fingerprint density at radius 3 is 2.33 bits per heavy atom. The van der Waals surface area contributed by atoms with Gasteiger partial charge >= 0.3 is 12.1 Å². The molecule has 0 bridgehead atoms. The first-order valence-electron chi connectivity index (χ1n) is 7.66. The molecule has 0 aromatic heterocycles. The molecule has 0 aliphatic rings. The van der Waals surface area contributed by atoms with E-state index in [0.717, 1.165) is 5.56 Å². The fraction of sp³-hybridized carbons (Fsp3) is 0.471. The third kappa shape index (κ3) is 8.17. The van der Waals surface area contributed by atoms with Crippen LogP contribution in [0.25, 0.3) is 0 Å². The zero-order chi connectivity index (χ0) is 18.2. The molecule has 0 unspecified atom stereocenters. The molecule has 3 N–H and O–H groups in total. The van der Waals surface area contributed by atoms with Crippen LogP contribution >= 0.6 is 0 Å². The molecule has 0 saturated carbocycles. The first kappa shape index (κ1) is 19.5. The van der Waals surface area contributed by atoms with Crippen LogP contribution < -0.4 is 11.1 Å². The highest BCUT2D eigenvalue weighted by atomic mass is 16.6. The smallest absolute Gasteiger partial charge is 0.408 e. The summed E-state index contributed by atoms with van der Waals surface area (Å²) in [5, 5.41) is 2.36. The number of benzene rings is 1. The van der Waals surface area contributed by atoms with Gasteiger partial charge < -0.3 is 20.5 Å². The number of carbonyl (C=O) groups is 3. The zero-order valence-corrected chi connectivity index (χ0v) is 14.2. The van der Waals surface area contributed by atoms with Crippen LogP contribution in [0, 0.1) is 0 Å². The Labute approximate surface area is 141 Å². The van der Waals surface area contributed by atoms with Crippen molar-refractivity contribution in [1.82, 2.24) is 5.32 Å². The number of esters is 1. The molecule has 0 saturated heterocycles. The molecule has 132 valence electrons. The van der Waals surface area contributed by atoms with Gasteiger partial charge in [0.15, 0.2) is 0 Å². The molecule has 0 fully saturated rings. The van der Waals surface area contributed by atoms with E-state index in [4.69, 9.17) is 15.2 Å². The lowest BCUT2D eigenvalue weighted by molar-refractivity contribution is -0.155. The van der Waals surface area contributed by atoms with Gasteiger partial charge in [-0.1, -0.05) is 30.3 Å². The van der Waals surface area contributed by atoms with Crippen molar-refractivity contribution in [3.63, 3.8) is 0 Å². The van der Waals surface area contributed by atoms with E-state index in [0.29, 0.717) is 0 Å². The molecule has 1 aromatic rings. The van der Waals surface area contributed by atoms with Gasteiger partial charge in [-0.2, -0.15) is 0 Å². The SMILES string of the molecule is CC(C)(C)OC(=O)CC[C@H](NC(=O)OCc1ccccc1)C(N)=O. The molecule has 0 spiro atoms. The minimum Gasteiger partial charge on any atom is -0.460 e. The van der Waals surface area contributed by atoms with Crippen molar-refractivity contribution >= 4 is 18.0 Å². The summed E-state index contributed by atoms with van der Waals surface area (Å²) in [5.41, 5.74) is 5.45. The normalized spacial score (nSPS) is 12.1. The number of carbonyl (C=O) groups excluding carboxylic acids is 3. The van der Waals surface area contributed by atoms with Crippen molar-refractivity contribution in [1.29, 1.82) is 0 Å². The maximum atomic E-state index is 11.7. The second-order valence-electron chi connectivity index (χ2n) is 6.29. The molecule has 1 aromatic carbocycles. The van der Waals surface area contributed by atoms with Crippen molar-refractivity contribution in [2.24, 2.45) is 5.73 Å². The van der Waals surface area contributed by atoms with Gasteiger partial charge in [0, 0.05) is 6.42 Å². The average molecular weight is 336 g/mol. The van der Waals surface area contributed by atoms with E-state index in [1.165, 1.54) is 0 Å². The van der Waals surface area contributed by atoms with Crippen LogP contribution in [-0.2, 0) is 25.7 Å². The van der Waals surface area contributed by atoms with E-state index in [2.05, 4.69) is 5.32 Å². The van der Waals surface area contributed by atoms with Gasteiger partial charge in [-0.05, 0) is 32.8 Å². The highest BCUT2D eigenvalue weighted by molar-refractivity contribution is 5.84. The molecule has 2 amide bonds. The van der Waals surface area contributed by atoms with E-state index in [9.17, 15) is 14.4 Å². The van der Waals surface area contributed by atoms with Gasteiger partial charge in [-0.15, -0.1) is 0 Å². The van der Waals surface area contributed by atoms with Crippen LogP contribution in [0.2, 0.25) is 0 Å². The lowest BCUT2D eigenvalue weighted by Gasteiger charge is -2.20. The number of hydrogen-bond donors (Lipinski definition) is 2. The summed E-state index contributed by atoms with van der Waals surface area (Å²) in [6.07, 6.45) is -0.763. The third-order valence-electron chi connectivity index (χ3n) is 2.91. The minimum absolute atomic E-state index is 0.0379. The fourth-order valence-corrected chi connectivity index (χ4v) is 1.85. The summed E-state index contributed by atoms with van der Waals surface area (Å²) in [6, 6.07) is 8.11. The summed E-state index contributed by atoms with van der Waals surface area (Å²) in [5.74, 6) is -1.21. The van der Waals surface area contributed by atoms with Crippen molar-refractivity contribution in [2.45, 2.75) is 51.9 Å². The number of rotatable bonds is 7. The number of nitrogens with one attached hydrogen (secondary N) is 1. The summed E-state index contributed by atoms with van der Waals surface area (Å²) in [7, 11) is 0. The van der Waals surface area contributed by atoms with Gasteiger partial charge in [-0.3, -0.25) is 9.59 Å². The largest absolute Gasteiger partial charge is 0.460 e. The van der Waals surface area contributed by atoms with Crippen LogP contribution in [0.1, 0.15) is 39.2 Å². The van der Waals surface area contributed by atoms with E-state index in [1.807, 2.05) is 18.2 Å². The second kappa shape index (κ2) is 8.90. The number of ether oxygens (including phenoxy) is 2. The Morgan fingerprint density at radius 2 is 1.79 bits per heavy atom. The monoisotopic (exact) mass is 336 g/mol. The minimum atomic E-state index is -0.999. The fourth-order valence-electron chi connectivity index (χ4n) is 1.85. The van der Waals surface area contributed by atoms with Crippen LogP contribution in [0.4, 0.5) is 4.79 Å². The molecular weight excluding hydrogens is 312 g/mol. The summed E-state index contributed by atoms with van der Waals surface area (Å²) in [4.78, 5) is 34.8. The van der Waals surface area contributed by atoms with E-state index in [-0.39, 0.29) is 19.4 Å². The van der Waals surface area contributed by atoms with E-state index >= 15 is 0 Å². The Kier molecular flexibility index (Phi) is 7.23. The van der Waals surface area contributed by atoms with Gasteiger partial charge in [0.05, 0.1) is 0 Å². The first-order valence-corrected chi connectivity index (χ1v) is 7.66.